The van der Waals surface area contributed by atoms with Crippen molar-refractivity contribution in [3.63, 3.8) is 0 Å². The Bertz CT molecular complexity index is 503. The summed E-state index contributed by atoms with van der Waals surface area (Å²) in [6, 6.07) is 5.53. The Morgan fingerprint density at radius 1 is 0.773 bits per heavy atom. The predicted molar refractivity (Wildman–Crippen MR) is 91.0 cm³/mol. The van der Waals surface area contributed by atoms with E-state index in [0.29, 0.717) is 17.1 Å². The lowest BCUT2D eigenvalue weighted by Gasteiger charge is -2.29. The molecule has 0 spiro atoms. The first-order chi connectivity index (χ1) is 9.71. The number of rotatable bonds is 3. The lowest BCUT2D eigenvalue weighted by Crippen LogP contribution is -2.29. The van der Waals surface area contributed by atoms with Gasteiger partial charge in [0.1, 0.15) is 28.3 Å². The molecule has 0 radical (unpaired) electrons. The first kappa shape index (κ1) is 18.5. The summed E-state index contributed by atoms with van der Waals surface area (Å²) in [5, 5.41) is 0. The average molecular weight is 306 g/mol. The molecule has 0 aliphatic heterocycles. The van der Waals surface area contributed by atoms with Crippen LogP contribution in [0.15, 0.2) is 18.2 Å². The molecule has 0 unspecified atom stereocenters. The van der Waals surface area contributed by atoms with Crippen molar-refractivity contribution in [1.29, 1.82) is 0 Å². The van der Waals surface area contributed by atoms with Crippen LogP contribution < -0.4 is 9.47 Å². The van der Waals surface area contributed by atoms with Gasteiger partial charge in [-0.3, -0.25) is 4.79 Å². The second-order valence-corrected chi connectivity index (χ2v) is 8.64. The predicted octanol–water partition coefficient (Wildman–Crippen LogP) is 5.27. The molecule has 0 aromatic heterocycles. The summed E-state index contributed by atoms with van der Waals surface area (Å²) in [5.74, 6) is 1.18. The zero-order valence-corrected chi connectivity index (χ0v) is 15.5. The number of carbonyl (C=O) groups excluding carboxylic acids is 1. The SMILES string of the molecule is CC(C)(C)Oc1cccc(OC(C)(C)C)c1C(=O)C(C)(C)C. The Labute approximate surface area is 135 Å². The van der Waals surface area contributed by atoms with Gasteiger partial charge in [0.25, 0.3) is 0 Å². The zero-order valence-electron chi connectivity index (χ0n) is 15.5. The lowest BCUT2D eigenvalue weighted by molar-refractivity contribution is 0.0815. The molecular formula is C19H30O3. The van der Waals surface area contributed by atoms with E-state index >= 15 is 0 Å². The van der Waals surface area contributed by atoms with Crippen LogP contribution in [0.1, 0.15) is 72.7 Å². The monoisotopic (exact) mass is 306 g/mol. The maximum absolute atomic E-state index is 12.9. The number of ether oxygens (including phenoxy) is 2. The van der Waals surface area contributed by atoms with Gasteiger partial charge in [-0.25, -0.2) is 0 Å². The van der Waals surface area contributed by atoms with Crippen molar-refractivity contribution >= 4 is 5.78 Å². The molecule has 0 saturated heterocycles. The van der Waals surface area contributed by atoms with Gasteiger partial charge in [-0.15, -0.1) is 0 Å². The van der Waals surface area contributed by atoms with E-state index in [0.717, 1.165) is 0 Å². The minimum absolute atomic E-state index is 0.0200. The topological polar surface area (TPSA) is 35.5 Å². The van der Waals surface area contributed by atoms with E-state index in [1.165, 1.54) is 0 Å². The van der Waals surface area contributed by atoms with Gasteiger partial charge in [-0.2, -0.15) is 0 Å². The number of hydrogen-bond acceptors (Lipinski definition) is 3. The smallest absolute Gasteiger partial charge is 0.175 e. The van der Waals surface area contributed by atoms with Crippen LogP contribution >= 0.6 is 0 Å². The fourth-order valence-electron chi connectivity index (χ4n) is 1.94. The standard InChI is InChI=1S/C19H30O3/c1-17(2,3)16(20)15-13(21-18(4,5)6)11-10-12-14(15)22-19(7,8)9/h10-12H,1-9H3. The van der Waals surface area contributed by atoms with Gasteiger partial charge in [-0.05, 0) is 53.7 Å². The highest BCUT2D eigenvalue weighted by molar-refractivity contribution is 6.04. The van der Waals surface area contributed by atoms with E-state index in [9.17, 15) is 4.79 Å². The second-order valence-electron chi connectivity index (χ2n) is 8.64. The van der Waals surface area contributed by atoms with E-state index in [1.54, 1.807) is 0 Å². The Morgan fingerprint density at radius 3 is 1.41 bits per heavy atom. The van der Waals surface area contributed by atoms with E-state index in [-0.39, 0.29) is 17.0 Å². The van der Waals surface area contributed by atoms with Crippen LogP contribution in [-0.2, 0) is 0 Å². The molecule has 0 N–H and O–H groups in total. The number of hydrogen-bond donors (Lipinski definition) is 0. The van der Waals surface area contributed by atoms with Crippen molar-refractivity contribution in [3.8, 4) is 11.5 Å². The lowest BCUT2D eigenvalue weighted by atomic mass is 9.85. The van der Waals surface area contributed by atoms with Gasteiger partial charge in [0.15, 0.2) is 5.78 Å². The summed E-state index contributed by atoms with van der Waals surface area (Å²) >= 11 is 0. The molecule has 0 heterocycles. The molecule has 0 aliphatic rings. The first-order valence-corrected chi connectivity index (χ1v) is 7.76. The van der Waals surface area contributed by atoms with Gasteiger partial charge in [0.05, 0.1) is 0 Å². The van der Waals surface area contributed by atoms with Crippen LogP contribution in [0.4, 0.5) is 0 Å². The molecule has 1 aromatic carbocycles. The molecule has 0 aliphatic carbocycles. The van der Waals surface area contributed by atoms with E-state index < -0.39 is 5.41 Å². The Morgan fingerprint density at radius 2 is 1.14 bits per heavy atom. The van der Waals surface area contributed by atoms with Crippen molar-refractivity contribution in [3.05, 3.63) is 23.8 Å². The van der Waals surface area contributed by atoms with Crippen molar-refractivity contribution < 1.29 is 14.3 Å². The number of ketones is 1. The number of carbonyl (C=O) groups is 1. The Kier molecular flexibility index (Phi) is 5.01. The van der Waals surface area contributed by atoms with Crippen molar-refractivity contribution in [2.75, 3.05) is 0 Å². The number of Topliss-reactive ketones (excluding diaryl/α,β-unsaturated/α-hetero) is 1. The average Bonchev–Trinajstić information content (AvgIpc) is 2.22. The van der Waals surface area contributed by atoms with E-state index in [2.05, 4.69) is 0 Å². The first-order valence-electron chi connectivity index (χ1n) is 7.76. The molecule has 0 fully saturated rings. The third kappa shape index (κ3) is 5.36. The van der Waals surface area contributed by atoms with Gasteiger partial charge < -0.3 is 9.47 Å². The van der Waals surface area contributed by atoms with Gasteiger partial charge in [0.2, 0.25) is 0 Å². The summed E-state index contributed by atoms with van der Waals surface area (Å²) in [4.78, 5) is 12.9. The van der Waals surface area contributed by atoms with Crippen molar-refractivity contribution in [1.82, 2.24) is 0 Å². The fourth-order valence-corrected chi connectivity index (χ4v) is 1.94. The van der Waals surface area contributed by atoms with Gasteiger partial charge in [0, 0.05) is 5.41 Å². The zero-order chi connectivity index (χ0) is 17.3. The molecule has 1 aromatic rings. The Balaban J connectivity index is 3.46. The minimum Gasteiger partial charge on any atom is -0.487 e. The minimum atomic E-state index is -0.507. The number of benzene rings is 1. The highest BCUT2D eigenvalue weighted by Gasteiger charge is 2.31. The summed E-state index contributed by atoms with van der Waals surface area (Å²) in [6.07, 6.45) is 0. The third-order valence-corrected chi connectivity index (χ3v) is 2.73. The molecule has 0 saturated carbocycles. The van der Waals surface area contributed by atoms with Gasteiger partial charge >= 0.3 is 0 Å². The molecule has 124 valence electrons. The fraction of sp³-hybridized carbons (Fsp3) is 0.632. The quantitative estimate of drug-likeness (QED) is 0.714. The molecule has 3 nitrogen and oxygen atoms in total. The molecule has 1 rings (SSSR count). The van der Waals surface area contributed by atoms with Crippen LogP contribution in [0, 0.1) is 5.41 Å². The third-order valence-electron chi connectivity index (χ3n) is 2.73. The van der Waals surface area contributed by atoms with Crippen LogP contribution in [0.25, 0.3) is 0 Å². The summed E-state index contributed by atoms with van der Waals surface area (Å²) < 4.78 is 12.0. The van der Waals surface area contributed by atoms with Crippen molar-refractivity contribution in [2.24, 2.45) is 5.41 Å². The highest BCUT2D eigenvalue weighted by Crippen LogP contribution is 2.37. The molecule has 3 heteroatoms. The summed E-state index contributed by atoms with van der Waals surface area (Å²) in [5.41, 5.74) is -0.742. The maximum Gasteiger partial charge on any atom is 0.175 e. The molecule has 22 heavy (non-hydrogen) atoms. The van der Waals surface area contributed by atoms with Gasteiger partial charge in [-0.1, -0.05) is 26.8 Å². The summed E-state index contributed by atoms with van der Waals surface area (Å²) in [7, 11) is 0. The van der Waals surface area contributed by atoms with Crippen LogP contribution in [0.3, 0.4) is 0 Å². The molecule has 0 atom stereocenters. The maximum atomic E-state index is 12.9. The van der Waals surface area contributed by atoms with E-state index in [1.807, 2.05) is 80.5 Å². The molecule has 0 bridgehead atoms. The largest absolute Gasteiger partial charge is 0.487 e. The second kappa shape index (κ2) is 5.94. The van der Waals surface area contributed by atoms with Crippen LogP contribution in [0.5, 0.6) is 11.5 Å². The van der Waals surface area contributed by atoms with Crippen LogP contribution in [0.2, 0.25) is 0 Å². The van der Waals surface area contributed by atoms with Crippen LogP contribution in [-0.4, -0.2) is 17.0 Å². The molecule has 0 amide bonds. The van der Waals surface area contributed by atoms with Crippen molar-refractivity contribution in [2.45, 2.75) is 73.5 Å². The summed E-state index contributed by atoms with van der Waals surface area (Å²) in [6.45, 7) is 17.5. The Hall–Kier alpha value is -1.51. The molecular weight excluding hydrogens is 276 g/mol. The normalized spacial score (nSPS) is 13.0. The van der Waals surface area contributed by atoms with E-state index in [4.69, 9.17) is 9.47 Å². The highest BCUT2D eigenvalue weighted by atomic mass is 16.5.